The molecule has 1 aromatic heterocycles. The minimum atomic E-state index is 0.0537. The third-order valence-corrected chi connectivity index (χ3v) is 3.75. The van der Waals surface area contributed by atoms with Crippen LogP contribution in [0.2, 0.25) is 0 Å². The van der Waals surface area contributed by atoms with Crippen LogP contribution in [0, 0.1) is 5.92 Å². The first-order valence-electron chi connectivity index (χ1n) is 7.40. The highest BCUT2D eigenvalue weighted by atomic mass is 16.2. The van der Waals surface area contributed by atoms with Crippen molar-refractivity contribution in [1.82, 2.24) is 15.1 Å². The van der Waals surface area contributed by atoms with Gasteiger partial charge in [-0.05, 0) is 24.9 Å². The molecular formula is C16H20N4O. The lowest BCUT2D eigenvalue weighted by Gasteiger charge is -2.21. The van der Waals surface area contributed by atoms with Crippen molar-refractivity contribution in [2.45, 2.75) is 19.4 Å². The van der Waals surface area contributed by atoms with Gasteiger partial charge in [-0.1, -0.05) is 30.3 Å². The molecule has 1 saturated heterocycles. The van der Waals surface area contributed by atoms with Crippen LogP contribution in [-0.2, 0) is 11.3 Å². The SMILES string of the molecule is O=C(Nc1ccn(Cc2ccccc2)n1)C1CCCNC1. The van der Waals surface area contributed by atoms with Crippen molar-refractivity contribution in [3.05, 3.63) is 48.2 Å². The zero-order chi connectivity index (χ0) is 14.5. The van der Waals surface area contributed by atoms with E-state index in [1.807, 2.05) is 35.1 Å². The van der Waals surface area contributed by atoms with Gasteiger partial charge >= 0.3 is 0 Å². The number of anilines is 1. The second kappa shape index (κ2) is 6.54. The number of aromatic nitrogens is 2. The van der Waals surface area contributed by atoms with Gasteiger partial charge < -0.3 is 10.6 Å². The maximum Gasteiger partial charge on any atom is 0.229 e. The van der Waals surface area contributed by atoms with Crippen molar-refractivity contribution in [1.29, 1.82) is 0 Å². The van der Waals surface area contributed by atoms with Gasteiger partial charge in [-0.2, -0.15) is 5.10 Å². The number of carbonyl (C=O) groups excluding carboxylic acids is 1. The summed E-state index contributed by atoms with van der Waals surface area (Å²) in [5.41, 5.74) is 1.19. The van der Waals surface area contributed by atoms with Crippen molar-refractivity contribution in [3.8, 4) is 0 Å². The lowest BCUT2D eigenvalue weighted by atomic mass is 9.99. The molecule has 1 unspecified atom stereocenters. The second-order valence-corrected chi connectivity index (χ2v) is 5.42. The highest BCUT2D eigenvalue weighted by molar-refractivity contribution is 5.91. The van der Waals surface area contributed by atoms with Crippen molar-refractivity contribution < 1.29 is 4.79 Å². The summed E-state index contributed by atoms with van der Waals surface area (Å²) < 4.78 is 1.84. The average Bonchev–Trinajstić information content (AvgIpc) is 2.96. The number of carbonyl (C=O) groups is 1. The summed E-state index contributed by atoms with van der Waals surface area (Å²) >= 11 is 0. The Balaban J connectivity index is 1.58. The Morgan fingerprint density at radius 1 is 1.33 bits per heavy atom. The van der Waals surface area contributed by atoms with Crippen LogP contribution in [0.25, 0.3) is 0 Å². The number of nitrogens with zero attached hydrogens (tertiary/aromatic N) is 2. The molecule has 3 rings (SSSR count). The molecule has 5 heteroatoms. The molecule has 0 bridgehead atoms. The summed E-state index contributed by atoms with van der Waals surface area (Å²) in [7, 11) is 0. The zero-order valence-corrected chi connectivity index (χ0v) is 12.0. The number of piperidine rings is 1. The van der Waals surface area contributed by atoms with Crippen molar-refractivity contribution in [2.75, 3.05) is 18.4 Å². The monoisotopic (exact) mass is 284 g/mol. The van der Waals surface area contributed by atoms with E-state index in [2.05, 4.69) is 27.9 Å². The zero-order valence-electron chi connectivity index (χ0n) is 12.0. The molecule has 1 aliphatic heterocycles. The molecule has 0 saturated carbocycles. The van der Waals surface area contributed by atoms with Gasteiger partial charge in [0.15, 0.2) is 5.82 Å². The molecule has 2 N–H and O–H groups in total. The van der Waals surface area contributed by atoms with Gasteiger partial charge in [-0.15, -0.1) is 0 Å². The molecule has 110 valence electrons. The molecule has 1 atom stereocenters. The maximum absolute atomic E-state index is 12.1. The first-order valence-corrected chi connectivity index (χ1v) is 7.40. The van der Waals surface area contributed by atoms with Gasteiger partial charge in [0.05, 0.1) is 12.5 Å². The fourth-order valence-corrected chi connectivity index (χ4v) is 2.59. The van der Waals surface area contributed by atoms with Crippen LogP contribution < -0.4 is 10.6 Å². The molecule has 0 radical (unpaired) electrons. The van der Waals surface area contributed by atoms with E-state index in [4.69, 9.17) is 0 Å². The Bertz CT molecular complexity index is 587. The van der Waals surface area contributed by atoms with Gasteiger partial charge in [-0.25, -0.2) is 0 Å². The highest BCUT2D eigenvalue weighted by Crippen LogP contribution is 2.13. The largest absolute Gasteiger partial charge is 0.316 e. The number of benzene rings is 1. The highest BCUT2D eigenvalue weighted by Gasteiger charge is 2.21. The normalized spacial score (nSPS) is 18.4. The van der Waals surface area contributed by atoms with Crippen LogP contribution in [0.15, 0.2) is 42.6 Å². The predicted molar refractivity (Wildman–Crippen MR) is 82.0 cm³/mol. The van der Waals surface area contributed by atoms with E-state index >= 15 is 0 Å². The summed E-state index contributed by atoms with van der Waals surface area (Å²) in [5.74, 6) is 0.742. The minimum absolute atomic E-state index is 0.0537. The van der Waals surface area contributed by atoms with Gasteiger partial charge in [-0.3, -0.25) is 9.48 Å². The fourth-order valence-electron chi connectivity index (χ4n) is 2.59. The number of hydrogen-bond donors (Lipinski definition) is 2. The second-order valence-electron chi connectivity index (χ2n) is 5.42. The predicted octanol–water partition coefficient (Wildman–Crippen LogP) is 1.87. The van der Waals surface area contributed by atoms with E-state index in [0.717, 1.165) is 25.9 Å². The molecule has 5 nitrogen and oxygen atoms in total. The molecule has 1 aliphatic rings. The fraction of sp³-hybridized carbons (Fsp3) is 0.375. The first kappa shape index (κ1) is 13.8. The summed E-state index contributed by atoms with van der Waals surface area (Å²) in [4.78, 5) is 12.1. The molecule has 1 fully saturated rings. The van der Waals surface area contributed by atoms with E-state index < -0.39 is 0 Å². The molecule has 21 heavy (non-hydrogen) atoms. The lowest BCUT2D eigenvalue weighted by Crippen LogP contribution is -2.37. The van der Waals surface area contributed by atoms with E-state index in [1.54, 1.807) is 0 Å². The van der Waals surface area contributed by atoms with E-state index in [1.165, 1.54) is 5.56 Å². The Labute approximate surface area is 124 Å². The minimum Gasteiger partial charge on any atom is -0.316 e. The molecule has 0 spiro atoms. The van der Waals surface area contributed by atoms with Gasteiger partial charge in [0, 0.05) is 18.8 Å². The summed E-state index contributed by atoms with van der Waals surface area (Å²) in [6.45, 7) is 2.48. The number of rotatable bonds is 4. The first-order chi connectivity index (χ1) is 10.3. The molecule has 2 heterocycles. The molecule has 0 aliphatic carbocycles. The number of hydrogen-bond acceptors (Lipinski definition) is 3. The quantitative estimate of drug-likeness (QED) is 0.901. The van der Waals surface area contributed by atoms with Crippen LogP contribution in [0.3, 0.4) is 0 Å². The number of amides is 1. The van der Waals surface area contributed by atoms with Crippen LogP contribution in [0.1, 0.15) is 18.4 Å². The van der Waals surface area contributed by atoms with Crippen LogP contribution in [0.4, 0.5) is 5.82 Å². The van der Waals surface area contributed by atoms with Crippen LogP contribution in [0.5, 0.6) is 0 Å². The Morgan fingerprint density at radius 3 is 2.95 bits per heavy atom. The Hall–Kier alpha value is -2.14. The van der Waals surface area contributed by atoms with Crippen molar-refractivity contribution in [2.24, 2.45) is 5.92 Å². The van der Waals surface area contributed by atoms with Crippen LogP contribution >= 0.6 is 0 Å². The molecule has 2 aromatic rings. The van der Waals surface area contributed by atoms with Gasteiger partial charge in [0.1, 0.15) is 0 Å². The van der Waals surface area contributed by atoms with Crippen molar-refractivity contribution >= 4 is 11.7 Å². The maximum atomic E-state index is 12.1. The van der Waals surface area contributed by atoms with E-state index in [-0.39, 0.29) is 11.8 Å². The summed E-state index contributed by atoms with van der Waals surface area (Å²) in [6, 6.07) is 12.0. The molecule has 1 amide bonds. The smallest absolute Gasteiger partial charge is 0.229 e. The lowest BCUT2D eigenvalue weighted by molar-refractivity contribution is -0.120. The average molecular weight is 284 g/mol. The van der Waals surface area contributed by atoms with E-state index in [9.17, 15) is 4.79 Å². The molecular weight excluding hydrogens is 264 g/mol. The van der Waals surface area contributed by atoms with E-state index in [0.29, 0.717) is 12.4 Å². The van der Waals surface area contributed by atoms with Gasteiger partial charge in [0.25, 0.3) is 0 Å². The number of nitrogens with one attached hydrogen (secondary N) is 2. The summed E-state index contributed by atoms with van der Waals surface area (Å²) in [5, 5.41) is 10.6. The third kappa shape index (κ3) is 3.70. The van der Waals surface area contributed by atoms with Crippen molar-refractivity contribution in [3.63, 3.8) is 0 Å². The van der Waals surface area contributed by atoms with Gasteiger partial charge in [0.2, 0.25) is 5.91 Å². The molecule has 1 aromatic carbocycles. The summed E-state index contributed by atoms with van der Waals surface area (Å²) in [6.07, 6.45) is 3.89. The third-order valence-electron chi connectivity index (χ3n) is 3.75. The Kier molecular flexibility index (Phi) is 4.31. The van der Waals surface area contributed by atoms with Crippen LogP contribution in [-0.4, -0.2) is 28.8 Å². The topological polar surface area (TPSA) is 59.0 Å². The Morgan fingerprint density at radius 2 is 2.19 bits per heavy atom. The standard InChI is InChI=1S/C16H20N4O/c21-16(14-7-4-9-17-11-14)18-15-8-10-20(19-15)12-13-5-2-1-3-6-13/h1-3,5-6,8,10,14,17H,4,7,9,11-12H2,(H,18,19,21).